The van der Waals surface area contributed by atoms with Gasteiger partial charge in [0.1, 0.15) is 18.1 Å². The molecule has 2 aromatic carbocycles. The summed E-state index contributed by atoms with van der Waals surface area (Å²) >= 11 is 0. The number of fused-ring (bicyclic) bond motifs is 1. The van der Waals surface area contributed by atoms with E-state index >= 15 is 0 Å². The first-order valence-corrected chi connectivity index (χ1v) is 10.2. The van der Waals surface area contributed by atoms with Crippen molar-refractivity contribution in [1.82, 2.24) is 19.3 Å². The van der Waals surface area contributed by atoms with Crippen LogP contribution in [0.25, 0.3) is 22.3 Å². The first-order valence-electron chi connectivity index (χ1n) is 10.2. The van der Waals surface area contributed by atoms with Crippen LogP contribution in [-0.2, 0) is 13.1 Å². The number of hydrogen-bond donors (Lipinski definition) is 0. The Kier molecular flexibility index (Phi) is 5.47. The summed E-state index contributed by atoms with van der Waals surface area (Å²) in [6.45, 7) is -0.197. The summed E-state index contributed by atoms with van der Waals surface area (Å²) < 4.78 is 53.9. The molecule has 0 spiro atoms. The Labute approximate surface area is 193 Å². The van der Waals surface area contributed by atoms with Crippen molar-refractivity contribution in [3.63, 3.8) is 0 Å². The standard InChI is InChI=1S/C23H15F3N4O5/c24-23(25,26)34-15-9-7-14(8-10-15)20-27-19(35-28-20)13-29-18-6-2-1-5-17(18)21(31)30(22(29)32)12-16-4-3-11-33-16/h1-11H,12-13H2. The van der Waals surface area contributed by atoms with E-state index in [9.17, 15) is 22.8 Å². The fourth-order valence-corrected chi connectivity index (χ4v) is 3.60. The van der Waals surface area contributed by atoms with Gasteiger partial charge in [-0.2, -0.15) is 4.98 Å². The van der Waals surface area contributed by atoms with Crippen molar-refractivity contribution in [2.24, 2.45) is 0 Å². The summed E-state index contributed by atoms with van der Waals surface area (Å²) in [6.07, 6.45) is -3.36. The Bertz CT molecular complexity index is 1600. The second kappa shape index (κ2) is 8.63. The highest BCUT2D eigenvalue weighted by Gasteiger charge is 2.31. The fourth-order valence-electron chi connectivity index (χ4n) is 3.60. The summed E-state index contributed by atoms with van der Waals surface area (Å²) in [5, 5.41) is 4.17. The molecule has 35 heavy (non-hydrogen) atoms. The van der Waals surface area contributed by atoms with Gasteiger partial charge < -0.3 is 13.7 Å². The zero-order valence-corrected chi connectivity index (χ0v) is 17.7. The predicted octanol–water partition coefficient (Wildman–Crippen LogP) is 3.80. The van der Waals surface area contributed by atoms with Crippen LogP contribution in [0.5, 0.6) is 5.75 Å². The van der Waals surface area contributed by atoms with Gasteiger partial charge in [0, 0.05) is 5.56 Å². The van der Waals surface area contributed by atoms with E-state index in [-0.39, 0.29) is 30.6 Å². The first-order chi connectivity index (χ1) is 16.8. The zero-order chi connectivity index (χ0) is 24.6. The van der Waals surface area contributed by atoms with Gasteiger partial charge in [-0.15, -0.1) is 13.2 Å². The second-order valence-electron chi connectivity index (χ2n) is 7.44. The average Bonchev–Trinajstić information content (AvgIpc) is 3.51. The minimum Gasteiger partial charge on any atom is -0.467 e. The Balaban J connectivity index is 1.49. The van der Waals surface area contributed by atoms with Crippen molar-refractivity contribution in [1.29, 1.82) is 0 Å². The molecule has 0 aliphatic rings. The van der Waals surface area contributed by atoms with Crippen LogP contribution in [0.2, 0.25) is 0 Å². The van der Waals surface area contributed by atoms with Gasteiger partial charge in [-0.25, -0.2) is 4.79 Å². The Morgan fingerprint density at radius 3 is 2.40 bits per heavy atom. The third kappa shape index (κ3) is 4.58. The van der Waals surface area contributed by atoms with Crippen LogP contribution >= 0.6 is 0 Å². The van der Waals surface area contributed by atoms with Crippen LogP contribution in [0.3, 0.4) is 0 Å². The molecule has 0 fully saturated rings. The van der Waals surface area contributed by atoms with Crippen LogP contribution in [0.4, 0.5) is 13.2 Å². The van der Waals surface area contributed by atoms with Crippen molar-refractivity contribution in [2.45, 2.75) is 19.5 Å². The average molecular weight is 484 g/mol. The molecule has 0 aliphatic heterocycles. The Hall–Kier alpha value is -4.61. The highest BCUT2D eigenvalue weighted by molar-refractivity contribution is 5.77. The SMILES string of the molecule is O=c1c2ccccc2n(Cc2nc(-c3ccc(OC(F)(F)F)cc3)no2)c(=O)n1Cc1ccco1. The molecule has 0 aliphatic carbocycles. The van der Waals surface area contributed by atoms with Gasteiger partial charge in [0.2, 0.25) is 11.7 Å². The first kappa shape index (κ1) is 22.2. The molecule has 178 valence electrons. The molecule has 0 unspecified atom stereocenters. The maximum Gasteiger partial charge on any atom is 0.573 e. The van der Waals surface area contributed by atoms with E-state index in [0.29, 0.717) is 22.2 Å². The third-order valence-electron chi connectivity index (χ3n) is 5.13. The van der Waals surface area contributed by atoms with E-state index in [4.69, 9.17) is 8.94 Å². The molecule has 0 saturated heterocycles. The lowest BCUT2D eigenvalue weighted by atomic mass is 10.2. The molecule has 5 rings (SSSR count). The largest absolute Gasteiger partial charge is 0.573 e. The van der Waals surface area contributed by atoms with Crippen molar-refractivity contribution >= 4 is 10.9 Å². The minimum absolute atomic E-state index is 0.0586. The van der Waals surface area contributed by atoms with E-state index in [2.05, 4.69) is 14.9 Å². The molecule has 3 aromatic heterocycles. The van der Waals surface area contributed by atoms with Gasteiger partial charge in [0.15, 0.2) is 0 Å². The van der Waals surface area contributed by atoms with Gasteiger partial charge in [0.05, 0.1) is 23.7 Å². The number of hydrogen-bond acceptors (Lipinski definition) is 7. The maximum absolute atomic E-state index is 13.3. The molecule has 3 heterocycles. The molecule has 0 saturated carbocycles. The summed E-state index contributed by atoms with van der Waals surface area (Å²) in [5.74, 6) is 0.219. The second-order valence-corrected chi connectivity index (χ2v) is 7.44. The van der Waals surface area contributed by atoms with Crippen molar-refractivity contribution < 1.29 is 26.8 Å². The molecule has 0 atom stereocenters. The van der Waals surface area contributed by atoms with Gasteiger partial charge in [0.25, 0.3) is 5.56 Å². The topological polar surface area (TPSA) is 105 Å². The predicted molar refractivity (Wildman–Crippen MR) is 116 cm³/mol. The van der Waals surface area contributed by atoms with Crippen LogP contribution in [0.1, 0.15) is 11.7 Å². The van der Waals surface area contributed by atoms with E-state index in [1.807, 2.05) is 0 Å². The molecular weight excluding hydrogens is 469 g/mol. The van der Waals surface area contributed by atoms with Crippen molar-refractivity contribution in [2.75, 3.05) is 0 Å². The molecule has 0 bridgehead atoms. The van der Waals surface area contributed by atoms with Gasteiger partial charge in [-0.3, -0.25) is 13.9 Å². The number of furan rings is 1. The lowest BCUT2D eigenvalue weighted by molar-refractivity contribution is -0.274. The molecule has 0 N–H and O–H groups in total. The fraction of sp³-hybridized carbons (Fsp3) is 0.130. The smallest absolute Gasteiger partial charge is 0.467 e. The highest BCUT2D eigenvalue weighted by Crippen LogP contribution is 2.25. The van der Waals surface area contributed by atoms with Gasteiger partial charge >= 0.3 is 12.1 Å². The van der Waals surface area contributed by atoms with Crippen LogP contribution in [0.15, 0.2) is 85.5 Å². The van der Waals surface area contributed by atoms with E-state index in [0.717, 1.165) is 16.7 Å². The lowest BCUT2D eigenvalue weighted by Crippen LogP contribution is -2.40. The van der Waals surface area contributed by atoms with E-state index in [1.54, 1.807) is 36.4 Å². The minimum atomic E-state index is -4.80. The van der Waals surface area contributed by atoms with Crippen LogP contribution < -0.4 is 16.0 Å². The summed E-state index contributed by atoms with van der Waals surface area (Å²) in [5.41, 5.74) is -0.301. The number of para-hydroxylation sites is 1. The highest BCUT2D eigenvalue weighted by atomic mass is 19.4. The Morgan fingerprint density at radius 2 is 1.69 bits per heavy atom. The van der Waals surface area contributed by atoms with Crippen LogP contribution in [0, 0.1) is 0 Å². The zero-order valence-electron chi connectivity index (χ0n) is 17.7. The number of aromatic nitrogens is 4. The summed E-state index contributed by atoms with van der Waals surface area (Å²) in [4.78, 5) is 30.5. The maximum atomic E-state index is 13.3. The Morgan fingerprint density at radius 1 is 0.914 bits per heavy atom. The van der Waals surface area contributed by atoms with E-state index < -0.39 is 17.6 Å². The normalized spacial score (nSPS) is 11.7. The quantitative estimate of drug-likeness (QED) is 0.361. The number of halogens is 3. The van der Waals surface area contributed by atoms with Crippen molar-refractivity contribution in [3.8, 4) is 17.1 Å². The number of ether oxygens (including phenoxy) is 1. The van der Waals surface area contributed by atoms with Gasteiger partial charge in [-0.1, -0.05) is 17.3 Å². The molecule has 0 radical (unpaired) electrons. The van der Waals surface area contributed by atoms with Crippen LogP contribution in [-0.4, -0.2) is 25.6 Å². The third-order valence-corrected chi connectivity index (χ3v) is 5.13. The van der Waals surface area contributed by atoms with Gasteiger partial charge in [-0.05, 0) is 48.5 Å². The van der Waals surface area contributed by atoms with E-state index in [1.165, 1.54) is 23.0 Å². The summed E-state index contributed by atoms with van der Waals surface area (Å²) in [6, 6.07) is 14.9. The molecule has 12 heteroatoms. The number of benzene rings is 2. The number of nitrogens with zero attached hydrogens (tertiary/aromatic N) is 4. The molecule has 0 amide bonds. The summed E-state index contributed by atoms with van der Waals surface area (Å²) in [7, 11) is 0. The monoisotopic (exact) mass is 484 g/mol. The lowest BCUT2D eigenvalue weighted by Gasteiger charge is -2.12. The molecule has 9 nitrogen and oxygen atoms in total. The number of alkyl halides is 3. The van der Waals surface area contributed by atoms with Crippen molar-refractivity contribution in [3.05, 3.63) is 99.4 Å². The number of rotatable bonds is 6. The molecular formula is C23H15F3N4O5. The molecule has 5 aromatic rings.